The quantitative estimate of drug-likeness (QED) is 0.691. The van der Waals surface area contributed by atoms with E-state index < -0.39 is 18.5 Å². The van der Waals surface area contributed by atoms with Crippen LogP contribution < -0.4 is 5.48 Å². The molecular weight excluding hydrogens is 254 g/mol. The van der Waals surface area contributed by atoms with Crippen molar-refractivity contribution in [2.24, 2.45) is 0 Å². The number of carboxylic acid groups (broad SMARTS) is 1. The number of carbonyl (C=O) groups is 2. The minimum Gasteiger partial charge on any atom is -0.479 e. The van der Waals surface area contributed by atoms with E-state index in [-0.39, 0.29) is 0 Å². The van der Waals surface area contributed by atoms with Crippen molar-refractivity contribution in [2.75, 3.05) is 6.61 Å². The molecule has 0 radical (unpaired) electrons. The first kappa shape index (κ1) is 12.6. The summed E-state index contributed by atoms with van der Waals surface area (Å²) in [5.74, 6) is -1.71. The molecule has 0 atom stereocenters. The van der Waals surface area contributed by atoms with Gasteiger partial charge in [-0.1, -0.05) is 0 Å². The minimum atomic E-state index is -1.17. The summed E-state index contributed by atoms with van der Waals surface area (Å²) >= 11 is 0. The molecule has 0 saturated heterocycles. The van der Waals surface area contributed by atoms with Crippen molar-refractivity contribution in [1.29, 1.82) is 0 Å². The number of nitrogens with one attached hydrogen (secondary N) is 1. The number of nitrogens with zero attached hydrogens (tertiary/aromatic N) is 4. The van der Waals surface area contributed by atoms with Crippen LogP contribution in [0.2, 0.25) is 0 Å². The summed E-state index contributed by atoms with van der Waals surface area (Å²) in [4.78, 5) is 26.2. The van der Waals surface area contributed by atoms with E-state index in [9.17, 15) is 9.59 Å². The molecule has 0 unspecified atom stereocenters. The Labute approximate surface area is 106 Å². The Hall–Kier alpha value is -2.81. The van der Waals surface area contributed by atoms with E-state index in [0.29, 0.717) is 11.3 Å². The van der Waals surface area contributed by atoms with E-state index in [4.69, 9.17) is 5.11 Å². The van der Waals surface area contributed by atoms with Crippen LogP contribution in [0.1, 0.15) is 10.4 Å². The van der Waals surface area contributed by atoms with Crippen molar-refractivity contribution < 1.29 is 19.5 Å². The average Bonchev–Trinajstić information content (AvgIpc) is 2.92. The van der Waals surface area contributed by atoms with Gasteiger partial charge >= 0.3 is 5.97 Å². The Bertz CT molecular complexity index is 566. The van der Waals surface area contributed by atoms with E-state index in [1.807, 2.05) is 5.48 Å². The second-order valence-corrected chi connectivity index (χ2v) is 3.41. The zero-order valence-electron chi connectivity index (χ0n) is 9.55. The lowest BCUT2D eigenvalue weighted by atomic mass is 10.2. The molecule has 1 aromatic heterocycles. The number of tetrazole rings is 1. The lowest BCUT2D eigenvalue weighted by Gasteiger charge is -2.04. The summed E-state index contributed by atoms with van der Waals surface area (Å²) in [6.07, 6.45) is 1.42. The van der Waals surface area contributed by atoms with Gasteiger partial charge in [0, 0.05) is 5.56 Å². The summed E-state index contributed by atoms with van der Waals surface area (Å²) in [5.41, 5.74) is 3.03. The first-order valence-corrected chi connectivity index (χ1v) is 5.14. The molecule has 1 amide bonds. The van der Waals surface area contributed by atoms with E-state index in [1.54, 1.807) is 12.1 Å². The zero-order chi connectivity index (χ0) is 13.7. The van der Waals surface area contributed by atoms with Gasteiger partial charge in [0.1, 0.15) is 6.33 Å². The van der Waals surface area contributed by atoms with Crippen LogP contribution in [0.5, 0.6) is 0 Å². The van der Waals surface area contributed by atoms with Gasteiger partial charge in [-0.3, -0.25) is 9.63 Å². The van der Waals surface area contributed by atoms with Crippen LogP contribution in [0.4, 0.5) is 0 Å². The number of rotatable bonds is 5. The maximum Gasteiger partial charge on any atom is 0.332 e. The summed E-state index contributed by atoms with van der Waals surface area (Å²) in [7, 11) is 0. The van der Waals surface area contributed by atoms with Gasteiger partial charge < -0.3 is 5.11 Å². The second-order valence-electron chi connectivity index (χ2n) is 3.41. The highest BCUT2D eigenvalue weighted by Gasteiger charge is 2.07. The van der Waals surface area contributed by atoms with Crippen LogP contribution in [0.15, 0.2) is 30.6 Å². The largest absolute Gasteiger partial charge is 0.479 e. The number of hydrogen-bond donors (Lipinski definition) is 2. The normalized spacial score (nSPS) is 10.1. The van der Waals surface area contributed by atoms with E-state index in [2.05, 4.69) is 20.4 Å². The standard InChI is InChI=1S/C10H9N5O4/c16-9(17)5-19-12-10(18)7-1-3-8(4-2-7)15-6-11-13-14-15/h1-4,6H,5H2,(H,12,18)(H,16,17). The molecule has 0 aliphatic rings. The minimum absolute atomic E-state index is 0.321. The smallest absolute Gasteiger partial charge is 0.332 e. The molecule has 0 bridgehead atoms. The van der Waals surface area contributed by atoms with Crippen LogP contribution in [-0.4, -0.2) is 43.8 Å². The van der Waals surface area contributed by atoms with Crippen molar-refractivity contribution in [1.82, 2.24) is 25.7 Å². The van der Waals surface area contributed by atoms with Crippen LogP contribution in [0, 0.1) is 0 Å². The molecule has 2 rings (SSSR count). The van der Waals surface area contributed by atoms with E-state index in [1.165, 1.54) is 23.1 Å². The molecule has 0 fully saturated rings. The number of carbonyl (C=O) groups excluding carboxylic acids is 1. The first-order chi connectivity index (χ1) is 9.16. The Kier molecular flexibility index (Phi) is 3.78. The van der Waals surface area contributed by atoms with Gasteiger partial charge in [0.25, 0.3) is 5.91 Å². The predicted molar refractivity (Wildman–Crippen MR) is 60.2 cm³/mol. The predicted octanol–water partition coefficient (Wildman–Crippen LogP) is -0.592. The SMILES string of the molecule is O=C(O)CONC(=O)c1ccc(-n2cnnn2)cc1. The highest BCUT2D eigenvalue weighted by molar-refractivity contribution is 5.93. The van der Waals surface area contributed by atoms with Crippen LogP contribution in [0.25, 0.3) is 5.69 Å². The zero-order valence-corrected chi connectivity index (χ0v) is 9.55. The number of benzene rings is 1. The summed E-state index contributed by atoms with van der Waals surface area (Å²) in [5, 5.41) is 19.0. The maximum absolute atomic E-state index is 11.5. The van der Waals surface area contributed by atoms with Gasteiger partial charge in [0.2, 0.25) is 0 Å². The molecule has 98 valence electrons. The molecule has 1 aromatic carbocycles. The van der Waals surface area contributed by atoms with Crippen molar-refractivity contribution in [3.63, 3.8) is 0 Å². The molecule has 2 aromatic rings. The molecule has 19 heavy (non-hydrogen) atoms. The Morgan fingerprint density at radius 1 is 1.32 bits per heavy atom. The van der Waals surface area contributed by atoms with Gasteiger partial charge in [-0.2, -0.15) is 0 Å². The lowest BCUT2D eigenvalue weighted by molar-refractivity contribution is -0.144. The molecule has 0 spiro atoms. The highest BCUT2D eigenvalue weighted by atomic mass is 16.7. The monoisotopic (exact) mass is 263 g/mol. The fourth-order valence-corrected chi connectivity index (χ4v) is 1.27. The molecule has 0 saturated carbocycles. The molecule has 2 N–H and O–H groups in total. The number of aromatic nitrogens is 4. The van der Waals surface area contributed by atoms with Crippen molar-refractivity contribution in [3.8, 4) is 5.69 Å². The number of aliphatic carboxylic acids is 1. The third-order valence-corrected chi connectivity index (χ3v) is 2.10. The fourth-order valence-electron chi connectivity index (χ4n) is 1.27. The number of carboxylic acids is 1. The lowest BCUT2D eigenvalue weighted by Crippen LogP contribution is -2.26. The third kappa shape index (κ3) is 3.33. The van der Waals surface area contributed by atoms with Gasteiger partial charge in [0.05, 0.1) is 5.69 Å². The van der Waals surface area contributed by atoms with Gasteiger partial charge in [0.15, 0.2) is 6.61 Å². The average molecular weight is 263 g/mol. The van der Waals surface area contributed by atoms with Gasteiger partial charge in [-0.05, 0) is 34.7 Å². The topological polar surface area (TPSA) is 119 Å². The van der Waals surface area contributed by atoms with Gasteiger partial charge in [-0.25, -0.2) is 15.0 Å². The Morgan fingerprint density at radius 3 is 2.63 bits per heavy atom. The second kappa shape index (κ2) is 5.69. The van der Waals surface area contributed by atoms with Crippen LogP contribution in [0.3, 0.4) is 0 Å². The summed E-state index contributed by atoms with van der Waals surface area (Å²) in [6.45, 7) is -0.603. The van der Waals surface area contributed by atoms with Gasteiger partial charge in [-0.15, -0.1) is 5.10 Å². The van der Waals surface area contributed by atoms with Crippen LogP contribution in [-0.2, 0) is 9.63 Å². The number of hydrogen-bond acceptors (Lipinski definition) is 6. The van der Waals surface area contributed by atoms with E-state index in [0.717, 1.165) is 0 Å². The maximum atomic E-state index is 11.5. The Morgan fingerprint density at radius 2 is 2.05 bits per heavy atom. The first-order valence-electron chi connectivity index (χ1n) is 5.14. The number of hydroxylamine groups is 1. The number of amides is 1. The molecule has 1 heterocycles. The molecule has 9 heteroatoms. The van der Waals surface area contributed by atoms with Crippen LogP contribution >= 0.6 is 0 Å². The highest BCUT2D eigenvalue weighted by Crippen LogP contribution is 2.07. The molecule has 0 aliphatic carbocycles. The fraction of sp³-hybridized carbons (Fsp3) is 0.100. The summed E-state index contributed by atoms with van der Waals surface area (Å²) in [6, 6.07) is 6.36. The van der Waals surface area contributed by atoms with Crippen molar-refractivity contribution >= 4 is 11.9 Å². The molecular formula is C10H9N5O4. The van der Waals surface area contributed by atoms with E-state index >= 15 is 0 Å². The summed E-state index contributed by atoms with van der Waals surface area (Å²) < 4.78 is 1.43. The Balaban J connectivity index is 1.98. The van der Waals surface area contributed by atoms with Crippen molar-refractivity contribution in [3.05, 3.63) is 36.2 Å². The van der Waals surface area contributed by atoms with Crippen molar-refractivity contribution in [2.45, 2.75) is 0 Å². The third-order valence-electron chi connectivity index (χ3n) is 2.10. The molecule has 0 aliphatic heterocycles. The molecule has 9 nitrogen and oxygen atoms in total.